The van der Waals surface area contributed by atoms with Crippen LogP contribution in [0.15, 0.2) is 0 Å². The van der Waals surface area contributed by atoms with Gasteiger partial charge < -0.3 is 14.4 Å². The minimum absolute atomic E-state index is 0.0718. The van der Waals surface area contributed by atoms with Crippen molar-refractivity contribution >= 4 is 5.91 Å². The monoisotopic (exact) mass is 284 g/mol. The number of hydrogen-bond acceptors (Lipinski definition) is 4. The van der Waals surface area contributed by atoms with Crippen molar-refractivity contribution in [2.75, 3.05) is 52.6 Å². The van der Waals surface area contributed by atoms with E-state index in [0.717, 1.165) is 65.4 Å². The molecule has 0 saturated carbocycles. The largest absolute Gasteiger partial charge is 0.381 e. The second-order valence-corrected chi connectivity index (χ2v) is 5.98. The van der Waals surface area contributed by atoms with Crippen molar-refractivity contribution < 1.29 is 14.3 Å². The lowest BCUT2D eigenvalue weighted by atomic mass is 10.0. The highest BCUT2D eigenvalue weighted by molar-refractivity contribution is 5.78. The molecule has 20 heavy (non-hydrogen) atoms. The van der Waals surface area contributed by atoms with E-state index in [1.807, 2.05) is 13.8 Å². The molecule has 2 fully saturated rings. The maximum Gasteiger partial charge on any atom is 0.225 e. The molecule has 2 saturated heterocycles. The van der Waals surface area contributed by atoms with Gasteiger partial charge in [0.15, 0.2) is 0 Å². The summed E-state index contributed by atoms with van der Waals surface area (Å²) in [6.45, 7) is 10.9. The Hall–Kier alpha value is -0.650. The predicted molar refractivity (Wildman–Crippen MR) is 77.7 cm³/mol. The summed E-state index contributed by atoms with van der Waals surface area (Å²) in [5.74, 6) is 0.354. The Morgan fingerprint density at radius 1 is 1.15 bits per heavy atom. The van der Waals surface area contributed by atoms with Gasteiger partial charge in [-0.2, -0.15) is 0 Å². The normalized spacial score (nSPS) is 22.1. The predicted octanol–water partition coefficient (Wildman–Crippen LogP) is 0.982. The van der Waals surface area contributed by atoms with Crippen LogP contribution in [0.5, 0.6) is 0 Å². The van der Waals surface area contributed by atoms with Crippen molar-refractivity contribution in [3.8, 4) is 0 Å². The molecule has 2 heterocycles. The van der Waals surface area contributed by atoms with Gasteiger partial charge >= 0.3 is 0 Å². The average Bonchev–Trinajstić information content (AvgIpc) is 2.49. The van der Waals surface area contributed by atoms with E-state index in [1.54, 1.807) is 0 Å². The molecule has 0 unspecified atom stereocenters. The van der Waals surface area contributed by atoms with Crippen LogP contribution in [-0.2, 0) is 14.3 Å². The zero-order valence-electron chi connectivity index (χ0n) is 12.8. The van der Waals surface area contributed by atoms with Crippen LogP contribution in [0.3, 0.4) is 0 Å². The van der Waals surface area contributed by atoms with E-state index in [1.165, 1.54) is 0 Å². The number of morpholine rings is 1. The smallest absolute Gasteiger partial charge is 0.225 e. The van der Waals surface area contributed by atoms with Crippen molar-refractivity contribution in [2.24, 2.45) is 5.92 Å². The first-order valence-electron chi connectivity index (χ1n) is 7.87. The summed E-state index contributed by atoms with van der Waals surface area (Å²) in [5, 5.41) is 0. The average molecular weight is 284 g/mol. The fourth-order valence-electron chi connectivity index (χ4n) is 2.88. The summed E-state index contributed by atoms with van der Waals surface area (Å²) in [6.07, 6.45) is 1.95. The molecular weight excluding hydrogens is 256 g/mol. The van der Waals surface area contributed by atoms with Gasteiger partial charge in [0.1, 0.15) is 0 Å². The van der Waals surface area contributed by atoms with E-state index < -0.39 is 0 Å². The lowest BCUT2D eigenvalue weighted by Crippen LogP contribution is -2.49. The number of hydrogen-bond donors (Lipinski definition) is 0. The Kier molecular flexibility index (Phi) is 6.26. The van der Waals surface area contributed by atoms with Gasteiger partial charge in [0, 0.05) is 51.4 Å². The third kappa shape index (κ3) is 4.43. The Bertz CT molecular complexity index is 297. The summed E-state index contributed by atoms with van der Waals surface area (Å²) in [6, 6.07) is 0.361. The van der Waals surface area contributed by atoms with E-state index >= 15 is 0 Å². The number of rotatable bonds is 5. The fraction of sp³-hybridized carbons (Fsp3) is 0.933. The maximum atomic E-state index is 12.5. The molecule has 1 amide bonds. The highest BCUT2D eigenvalue weighted by Crippen LogP contribution is 2.17. The first kappa shape index (κ1) is 15.7. The Balaban J connectivity index is 1.89. The Labute approximate surface area is 122 Å². The van der Waals surface area contributed by atoms with E-state index in [2.05, 4.69) is 9.80 Å². The molecular formula is C15H28N2O3. The van der Waals surface area contributed by atoms with Gasteiger partial charge in [-0.1, -0.05) is 13.8 Å². The lowest BCUT2D eigenvalue weighted by Gasteiger charge is -2.37. The molecule has 2 aliphatic heterocycles. The van der Waals surface area contributed by atoms with Gasteiger partial charge in [-0.25, -0.2) is 0 Å². The first-order chi connectivity index (χ1) is 9.68. The molecule has 0 bridgehead atoms. The van der Waals surface area contributed by atoms with Gasteiger partial charge in [0.2, 0.25) is 5.91 Å². The molecule has 0 N–H and O–H groups in total. The number of amides is 1. The fourth-order valence-corrected chi connectivity index (χ4v) is 2.88. The van der Waals surface area contributed by atoms with Crippen LogP contribution in [0, 0.1) is 5.92 Å². The van der Waals surface area contributed by atoms with E-state index in [0.29, 0.717) is 6.04 Å². The van der Waals surface area contributed by atoms with Gasteiger partial charge in [0.25, 0.3) is 0 Å². The molecule has 0 aliphatic carbocycles. The van der Waals surface area contributed by atoms with Crippen LogP contribution >= 0.6 is 0 Å². The molecule has 5 heteroatoms. The summed E-state index contributed by atoms with van der Waals surface area (Å²) in [7, 11) is 0. The molecule has 5 nitrogen and oxygen atoms in total. The van der Waals surface area contributed by atoms with Gasteiger partial charge in [-0.15, -0.1) is 0 Å². The standard InChI is InChI=1S/C15H28N2O3/c1-13(2)15(18)17(14-3-9-19-10-4-14)6-5-16-7-11-20-12-8-16/h13-14H,3-12H2,1-2H3. The van der Waals surface area contributed by atoms with E-state index in [-0.39, 0.29) is 11.8 Å². The van der Waals surface area contributed by atoms with Gasteiger partial charge in [-0.3, -0.25) is 9.69 Å². The molecule has 0 atom stereocenters. The quantitative estimate of drug-likeness (QED) is 0.755. The SMILES string of the molecule is CC(C)C(=O)N(CCN1CCOCC1)C1CCOCC1. The van der Waals surface area contributed by atoms with Crippen LogP contribution in [0.1, 0.15) is 26.7 Å². The van der Waals surface area contributed by atoms with Crippen LogP contribution < -0.4 is 0 Å². The van der Waals surface area contributed by atoms with Crippen molar-refractivity contribution in [1.82, 2.24) is 9.80 Å². The van der Waals surface area contributed by atoms with Crippen LogP contribution in [0.4, 0.5) is 0 Å². The molecule has 0 aromatic carbocycles. The molecule has 116 valence electrons. The van der Waals surface area contributed by atoms with E-state index in [9.17, 15) is 4.79 Å². The Morgan fingerprint density at radius 3 is 2.35 bits per heavy atom. The third-order valence-corrected chi connectivity index (χ3v) is 4.17. The summed E-state index contributed by atoms with van der Waals surface area (Å²) in [5.41, 5.74) is 0. The number of carbonyl (C=O) groups excluding carboxylic acids is 1. The Morgan fingerprint density at radius 2 is 1.75 bits per heavy atom. The summed E-state index contributed by atoms with van der Waals surface area (Å²) in [4.78, 5) is 16.9. The van der Waals surface area contributed by atoms with Crippen LogP contribution in [-0.4, -0.2) is 74.4 Å². The molecule has 0 spiro atoms. The molecule has 0 aromatic heterocycles. The minimum atomic E-state index is 0.0718. The molecule has 2 aliphatic rings. The minimum Gasteiger partial charge on any atom is -0.381 e. The second kappa shape index (κ2) is 7.96. The number of nitrogens with zero attached hydrogens (tertiary/aromatic N) is 2. The molecule has 0 radical (unpaired) electrons. The van der Waals surface area contributed by atoms with E-state index in [4.69, 9.17) is 9.47 Å². The van der Waals surface area contributed by atoms with Crippen molar-refractivity contribution in [2.45, 2.75) is 32.7 Å². The van der Waals surface area contributed by atoms with Crippen molar-refractivity contribution in [1.29, 1.82) is 0 Å². The lowest BCUT2D eigenvalue weighted by molar-refractivity contribution is -0.139. The van der Waals surface area contributed by atoms with Gasteiger partial charge in [0.05, 0.1) is 13.2 Å². The van der Waals surface area contributed by atoms with Gasteiger partial charge in [-0.05, 0) is 12.8 Å². The zero-order chi connectivity index (χ0) is 14.4. The number of ether oxygens (including phenoxy) is 2. The highest BCUT2D eigenvalue weighted by Gasteiger charge is 2.27. The summed E-state index contributed by atoms with van der Waals surface area (Å²) < 4.78 is 10.8. The maximum absolute atomic E-state index is 12.5. The third-order valence-electron chi connectivity index (χ3n) is 4.17. The van der Waals surface area contributed by atoms with Crippen LogP contribution in [0.25, 0.3) is 0 Å². The zero-order valence-corrected chi connectivity index (χ0v) is 12.8. The topological polar surface area (TPSA) is 42.0 Å². The second-order valence-electron chi connectivity index (χ2n) is 5.98. The highest BCUT2D eigenvalue weighted by atomic mass is 16.5. The molecule has 2 rings (SSSR count). The van der Waals surface area contributed by atoms with Crippen LogP contribution in [0.2, 0.25) is 0 Å². The first-order valence-corrected chi connectivity index (χ1v) is 7.87. The van der Waals surface area contributed by atoms with Crippen molar-refractivity contribution in [3.05, 3.63) is 0 Å². The number of carbonyl (C=O) groups is 1. The summed E-state index contributed by atoms with van der Waals surface area (Å²) >= 11 is 0. The molecule has 0 aromatic rings. The van der Waals surface area contributed by atoms with Crippen molar-refractivity contribution in [3.63, 3.8) is 0 Å².